The van der Waals surface area contributed by atoms with Crippen LogP contribution in [0.15, 0.2) is 36.4 Å². The van der Waals surface area contributed by atoms with Crippen molar-refractivity contribution in [2.24, 2.45) is 0 Å². The Kier molecular flexibility index (Phi) is 3.75. The van der Waals surface area contributed by atoms with Gasteiger partial charge in [-0.2, -0.15) is 0 Å². The fraction of sp³-hybridized carbons (Fsp3) is 0.278. The molecule has 0 aliphatic carbocycles. The van der Waals surface area contributed by atoms with E-state index in [9.17, 15) is 4.79 Å². The van der Waals surface area contributed by atoms with Gasteiger partial charge in [0.15, 0.2) is 0 Å². The Balaban J connectivity index is 2.02. The third-order valence-corrected chi connectivity index (χ3v) is 4.14. The van der Waals surface area contributed by atoms with Gasteiger partial charge >= 0.3 is 0 Å². The second-order valence-corrected chi connectivity index (χ2v) is 5.31. The van der Waals surface area contributed by atoms with Gasteiger partial charge in [-0.05, 0) is 37.1 Å². The van der Waals surface area contributed by atoms with Crippen LogP contribution >= 0.6 is 0 Å². The highest BCUT2D eigenvalue weighted by Gasteiger charge is 2.28. The van der Waals surface area contributed by atoms with Crippen molar-refractivity contribution >= 4 is 11.6 Å². The molecule has 0 bridgehead atoms. The second-order valence-electron chi connectivity index (χ2n) is 5.31. The average Bonchev–Trinajstić information content (AvgIpc) is 2.98. The molecule has 2 aromatic carbocycles. The van der Waals surface area contributed by atoms with E-state index in [1.54, 1.807) is 20.3 Å². The van der Waals surface area contributed by atoms with Gasteiger partial charge in [0.1, 0.15) is 11.5 Å². The maximum Gasteiger partial charge on any atom is 0.262 e. The predicted octanol–water partition coefficient (Wildman–Crippen LogP) is 3.22. The van der Waals surface area contributed by atoms with Crippen molar-refractivity contribution in [3.8, 4) is 11.5 Å². The average molecular weight is 297 g/mol. The van der Waals surface area contributed by atoms with Crippen LogP contribution in [0.5, 0.6) is 11.5 Å². The maximum absolute atomic E-state index is 12.9. The predicted molar refractivity (Wildman–Crippen MR) is 86.1 cm³/mol. The standard InChI is InChI=1S/C18H19NO3/c1-12-16(21-2)9-8-14(17(12)22-3)18(20)19-11-10-13-6-4-5-7-15(13)19/h4-9H,10-11H2,1-3H3. The number of nitrogens with zero attached hydrogens (tertiary/aromatic N) is 1. The lowest BCUT2D eigenvalue weighted by Crippen LogP contribution is -2.29. The number of anilines is 1. The first kappa shape index (κ1) is 14.4. The minimum absolute atomic E-state index is 0.0347. The molecule has 1 heterocycles. The molecule has 0 fully saturated rings. The molecule has 4 heteroatoms. The number of amides is 1. The summed E-state index contributed by atoms with van der Waals surface area (Å²) in [6.45, 7) is 2.60. The highest BCUT2D eigenvalue weighted by molar-refractivity contribution is 6.09. The minimum Gasteiger partial charge on any atom is -0.496 e. The van der Waals surface area contributed by atoms with Crippen molar-refractivity contribution < 1.29 is 14.3 Å². The molecule has 0 spiro atoms. The Hall–Kier alpha value is -2.49. The molecule has 0 atom stereocenters. The Morgan fingerprint density at radius 2 is 1.86 bits per heavy atom. The molecule has 22 heavy (non-hydrogen) atoms. The van der Waals surface area contributed by atoms with E-state index in [2.05, 4.69) is 6.07 Å². The topological polar surface area (TPSA) is 38.8 Å². The minimum atomic E-state index is -0.0347. The number of para-hydroxylation sites is 1. The molecule has 0 radical (unpaired) electrons. The van der Waals surface area contributed by atoms with E-state index in [0.29, 0.717) is 17.9 Å². The van der Waals surface area contributed by atoms with Crippen molar-refractivity contribution in [2.45, 2.75) is 13.3 Å². The highest BCUT2D eigenvalue weighted by Crippen LogP contribution is 2.35. The van der Waals surface area contributed by atoms with Crippen molar-refractivity contribution in [3.05, 3.63) is 53.1 Å². The van der Waals surface area contributed by atoms with Gasteiger partial charge in [-0.1, -0.05) is 18.2 Å². The molecular weight excluding hydrogens is 278 g/mol. The number of hydrogen-bond acceptors (Lipinski definition) is 3. The van der Waals surface area contributed by atoms with Gasteiger partial charge in [0.25, 0.3) is 5.91 Å². The highest BCUT2D eigenvalue weighted by atomic mass is 16.5. The van der Waals surface area contributed by atoms with E-state index in [-0.39, 0.29) is 5.91 Å². The number of carbonyl (C=O) groups is 1. The summed E-state index contributed by atoms with van der Waals surface area (Å²) in [6, 6.07) is 11.6. The number of benzene rings is 2. The molecule has 2 aromatic rings. The van der Waals surface area contributed by atoms with E-state index >= 15 is 0 Å². The molecule has 1 aliphatic rings. The number of methoxy groups -OCH3 is 2. The van der Waals surface area contributed by atoms with Gasteiger partial charge < -0.3 is 14.4 Å². The lowest BCUT2D eigenvalue weighted by molar-refractivity contribution is 0.0986. The normalized spacial score (nSPS) is 13.0. The van der Waals surface area contributed by atoms with Crippen LogP contribution in [0.25, 0.3) is 0 Å². The molecular formula is C18H19NO3. The van der Waals surface area contributed by atoms with Gasteiger partial charge in [-0.3, -0.25) is 4.79 Å². The summed E-state index contributed by atoms with van der Waals surface area (Å²) in [5.41, 5.74) is 3.60. The van der Waals surface area contributed by atoms with E-state index in [1.807, 2.05) is 36.1 Å². The van der Waals surface area contributed by atoms with E-state index < -0.39 is 0 Å². The molecule has 0 saturated heterocycles. The lowest BCUT2D eigenvalue weighted by Gasteiger charge is -2.20. The number of hydrogen-bond donors (Lipinski definition) is 0. The first-order valence-electron chi connectivity index (χ1n) is 7.28. The molecule has 114 valence electrons. The summed E-state index contributed by atoms with van der Waals surface area (Å²) < 4.78 is 10.8. The number of carbonyl (C=O) groups excluding carboxylic acids is 1. The van der Waals surface area contributed by atoms with Gasteiger partial charge in [0.05, 0.1) is 19.8 Å². The zero-order chi connectivity index (χ0) is 15.7. The molecule has 0 aromatic heterocycles. The summed E-state index contributed by atoms with van der Waals surface area (Å²) in [5, 5.41) is 0. The maximum atomic E-state index is 12.9. The third-order valence-electron chi connectivity index (χ3n) is 4.14. The first-order valence-corrected chi connectivity index (χ1v) is 7.28. The second kappa shape index (κ2) is 5.72. The van der Waals surface area contributed by atoms with Crippen LogP contribution in [0, 0.1) is 6.92 Å². The van der Waals surface area contributed by atoms with Gasteiger partial charge in [-0.25, -0.2) is 0 Å². The summed E-state index contributed by atoms with van der Waals surface area (Å²) >= 11 is 0. The number of ether oxygens (including phenoxy) is 2. The first-order chi connectivity index (χ1) is 10.7. The molecule has 1 aliphatic heterocycles. The summed E-state index contributed by atoms with van der Waals surface area (Å²) in [7, 11) is 3.19. The monoisotopic (exact) mass is 297 g/mol. The van der Waals surface area contributed by atoms with Crippen LogP contribution in [-0.4, -0.2) is 26.7 Å². The van der Waals surface area contributed by atoms with E-state index in [1.165, 1.54) is 5.56 Å². The Morgan fingerprint density at radius 1 is 1.09 bits per heavy atom. The van der Waals surface area contributed by atoms with E-state index in [4.69, 9.17) is 9.47 Å². The largest absolute Gasteiger partial charge is 0.496 e. The summed E-state index contributed by atoms with van der Waals surface area (Å²) in [4.78, 5) is 14.8. The molecule has 4 nitrogen and oxygen atoms in total. The van der Waals surface area contributed by atoms with Crippen molar-refractivity contribution in [2.75, 3.05) is 25.7 Å². The number of fused-ring (bicyclic) bond motifs is 1. The fourth-order valence-electron chi connectivity index (χ4n) is 3.02. The molecule has 0 saturated carbocycles. The van der Waals surface area contributed by atoms with Crippen LogP contribution in [0.3, 0.4) is 0 Å². The van der Waals surface area contributed by atoms with Gasteiger partial charge in [-0.15, -0.1) is 0 Å². The van der Waals surface area contributed by atoms with Gasteiger partial charge in [0, 0.05) is 17.8 Å². The van der Waals surface area contributed by atoms with Gasteiger partial charge in [0.2, 0.25) is 0 Å². The fourth-order valence-corrected chi connectivity index (χ4v) is 3.02. The van der Waals surface area contributed by atoms with Crippen molar-refractivity contribution in [1.82, 2.24) is 0 Å². The third kappa shape index (κ3) is 2.21. The van der Waals surface area contributed by atoms with Crippen LogP contribution in [0.4, 0.5) is 5.69 Å². The smallest absolute Gasteiger partial charge is 0.262 e. The van der Waals surface area contributed by atoms with Crippen LogP contribution < -0.4 is 14.4 Å². The Labute approximate surface area is 130 Å². The van der Waals surface area contributed by atoms with Crippen LogP contribution in [-0.2, 0) is 6.42 Å². The molecule has 0 N–H and O–H groups in total. The van der Waals surface area contributed by atoms with E-state index in [0.717, 1.165) is 23.4 Å². The molecule has 3 rings (SSSR count). The molecule has 0 unspecified atom stereocenters. The Bertz CT molecular complexity index is 724. The van der Waals surface area contributed by atoms with Crippen LogP contribution in [0.1, 0.15) is 21.5 Å². The Morgan fingerprint density at radius 3 is 2.59 bits per heavy atom. The SMILES string of the molecule is COc1ccc(C(=O)N2CCc3ccccc32)c(OC)c1C. The molecule has 1 amide bonds. The lowest BCUT2D eigenvalue weighted by atomic mass is 10.1. The summed E-state index contributed by atoms with van der Waals surface area (Å²) in [5.74, 6) is 1.26. The number of rotatable bonds is 3. The quantitative estimate of drug-likeness (QED) is 0.873. The van der Waals surface area contributed by atoms with Crippen molar-refractivity contribution in [3.63, 3.8) is 0 Å². The summed E-state index contributed by atoms with van der Waals surface area (Å²) in [6.07, 6.45) is 0.888. The zero-order valence-corrected chi connectivity index (χ0v) is 13.1. The zero-order valence-electron chi connectivity index (χ0n) is 13.1. The van der Waals surface area contributed by atoms with Crippen molar-refractivity contribution in [1.29, 1.82) is 0 Å². The van der Waals surface area contributed by atoms with Crippen LogP contribution in [0.2, 0.25) is 0 Å².